The molecule has 1 N–H and O–H groups in total. The average Bonchev–Trinajstić information content (AvgIpc) is 2.81. The van der Waals surface area contributed by atoms with E-state index >= 15 is 0 Å². The van der Waals surface area contributed by atoms with Crippen LogP contribution in [-0.2, 0) is 0 Å². The molecule has 2 aromatic carbocycles. The SMILES string of the molecule is Cc1ccc(C(C[N+](=O)[O-])c2c(C)[nH]c3ccccc23)cc1. The fourth-order valence-corrected chi connectivity index (χ4v) is 3.06. The number of aromatic nitrogens is 1. The molecule has 1 heterocycles. The molecule has 1 unspecified atom stereocenters. The number of hydrogen-bond acceptors (Lipinski definition) is 2. The standard InChI is InChI=1S/C18H18N2O2/c1-12-7-9-14(10-8-12)16(11-20(21)22)18-13(2)19-17-6-4-3-5-15(17)18/h3-10,16,19H,11H2,1-2H3. The van der Waals surface area contributed by atoms with E-state index in [2.05, 4.69) is 4.98 Å². The average molecular weight is 294 g/mol. The van der Waals surface area contributed by atoms with E-state index in [4.69, 9.17) is 0 Å². The van der Waals surface area contributed by atoms with Crippen LogP contribution >= 0.6 is 0 Å². The van der Waals surface area contributed by atoms with Gasteiger partial charge >= 0.3 is 0 Å². The molecule has 0 aliphatic rings. The molecule has 1 aromatic heterocycles. The monoisotopic (exact) mass is 294 g/mol. The second-order valence-corrected chi connectivity index (χ2v) is 5.69. The molecule has 0 saturated heterocycles. The number of aromatic amines is 1. The van der Waals surface area contributed by atoms with Gasteiger partial charge in [0.15, 0.2) is 0 Å². The second kappa shape index (κ2) is 5.64. The topological polar surface area (TPSA) is 58.9 Å². The van der Waals surface area contributed by atoms with E-state index in [9.17, 15) is 10.1 Å². The number of rotatable bonds is 4. The largest absolute Gasteiger partial charge is 0.358 e. The zero-order chi connectivity index (χ0) is 15.7. The molecule has 0 spiro atoms. The van der Waals surface area contributed by atoms with Crippen LogP contribution in [0.4, 0.5) is 0 Å². The van der Waals surface area contributed by atoms with E-state index in [0.717, 1.165) is 33.3 Å². The van der Waals surface area contributed by atoms with Crippen molar-refractivity contribution in [1.82, 2.24) is 4.98 Å². The number of fused-ring (bicyclic) bond motifs is 1. The first-order chi connectivity index (χ1) is 10.6. The Labute approximate surface area is 128 Å². The molecule has 0 aliphatic heterocycles. The maximum atomic E-state index is 11.2. The molecular formula is C18H18N2O2. The molecule has 4 heteroatoms. The first-order valence-corrected chi connectivity index (χ1v) is 7.32. The summed E-state index contributed by atoms with van der Waals surface area (Å²) in [5.41, 5.74) is 5.18. The van der Waals surface area contributed by atoms with Crippen LogP contribution in [0.2, 0.25) is 0 Å². The highest BCUT2D eigenvalue weighted by molar-refractivity contribution is 5.85. The highest BCUT2D eigenvalue weighted by Crippen LogP contribution is 2.33. The van der Waals surface area contributed by atoms with Crippen molar-refractivity contribution in [2.24, 2.45) is 0 Å². The van der Waals surface area contributed by atoms with Gasteiger partial charge in [-0.25, -0.2) is 0 Å². The van der Waals surface area contributed by atoms with E-state index in [1.165, 1.54) is 0 Å². The second-order valence-electron chi connectivity index (χ2n) is 5.69. The highest BCUT2D eigenvalue weighted by Gasteiger charge is 2.25. The van der Waals surface area contributed by atoms with Crippen molar-refractivity contribution in [3.8, 4) is 0 Å². The Bertz CT molecular complexity index is 819. The summed E-state index contributed by atoms with van der Waals surface area (Å²) in [5, 5.41) is 12.3. The number of benzene rings is 2. The van der Waals surface area contributed by atoms with Gasteiger partial charge in [0.2, 0.25) is 6.54 Å². The van der Waals surface area contributed by atoms with Crippen LogP contribution < -0.4 is 0 Å². The molecule has 0 saturated carbocycles. The molecule has 112 valence electrons. The number of hydrogen-bond donors (Lipinski definition) is 1. The Morgan fingerprint density at radius 2 is 1.77 bits per heavy atom. The fourth-order valence-electron chi connectivity index (χ4n) is 3.06. The molecule has 0 bridgehead atoms. The number of H-pyrrole nitrogens is 1. The zero-order valence-electron chi connectivity index (χ0n) is 12.7. The minimum atomic E-state index is -0.244. The summed E-state index contributed by atoms with van der Waals surface area (Å²) < 4.78 is 0. The molecule has 0 radical (unpaired) electrons. The van der Waals surface area contributed by atoms with Gasteiger partial charge in [0.25, 0.3) is 0 Å². The summed E-state index contributed by atoms with van der Waals surface area (Å²) in [4.78, 5) is 14.3. The first-order valence-electron chi connectivity index (χ1n) is 7.32. The molecule has 1 atom stereocenters. The Hall–Kier alpha value is -2.62. The number of para-hydroxylation sites is 1. The van der Waals surface area contributed by atoms with Crippen LogP contribution in [0.3, 0.4) is 0 Å². The Balaban J connectivity index is 2.17. The third kappa shape index (κ3) is 2.60. The zero-order valence-corrected chi connectivity index (χ0v) is 12.7. The summed E-state index contributed by atoms with van der Waals surface area (Å²) in [5.74, 6) is -0.244. The van der Waals surface area contributed by atoms with Gasteiger partial charge in [-0.1, -0.05) is 48.0 Å². The fraction of sp³-hybridized carbons (Fsp3) is 0.222. The van der Waals surface area contributed by atoms with Gasteiger partial charge in [0, 0.05) is 21.5 Å². The first kappa shape index (κ1) is 14.3. The minimum absolute atomic E-state index is 0.105. The predicted molar refractivity (Wildman–Crippen MR) is 87.9 cm³/mol. The van der Waals surface area contributed by atoms with Crippen LogP contribution in [0.1, 0.15) is 28.3 Å². The van der Waals surface area contributed by atoms with E-state index in [0.29, 0.717) is 0 Å². The lowest BCUT2D eigenvalue weighted by molar-refractivity contribution is -0.481. The van der Waals surface area contributed by atoms with Gasteiger partial charge in [0.05, 0.1) is 5.92 Å². The maximum absolute atomic E-state index is 11.2. The minimum Gasteiger partial charge on any atom is -0.358 e. The van der Waals surface area contributed by atoms with Crippen molar-refractivity contribution in [3.05, 3.63) is 81.0 Å². The third-order valence-electron chi connectivity index (χ3n) is 4.10. The van der Waals surface area contributed by atoms with Gasteiger partial charge in [-0.3, -0.25) is 10.1 Å². The lowest BCUT2D eigenvalue weighted by Gasteiger charge is -2.15. The Morgan fingerprint density at radius 1 is 1.09 bits per heavy atom. The molecule has 3 aromatic rings. The smallest absolute Gasteiger partial charge is 0.214 e. The van der Waals surface area contributed by atoms with Crippen molar-refractivity contribution in [3.63, 3.8) is 0 Å². The van der Waals surface area contributed by atoms with Crippen LogP contribution in [-0.4, -0.2) is 16.5 Å². The molecule has 22 heavy (non-hydrogen) atoms. The lowest BCUT2D eigenvalue weighted by Crippen LogP contribution is -2.14. The molecule has 4 nitrogen and oxygen atoms in total. The Kier molecular flexibility index (Phi) is 3.67. The summed E-state index contributed by atoms with van der Waals surface area (Å²) in [6, 6.07) is 16.0. The quantitative estimate of drug-likeness (QED) is 0.579. The van der Waals surface area contributed by atoms with Gasteiger partial charge in [0.1, 0.15) is 0 Å². The molecule has 3 rings (SSSR count). The number of nitro groups is 1. The number of nitrogens with zero attached hydrogens (tertiary/aromatic N) is 1. The summed E-state index contributed by atoms with van der Waals surface area (Å²) in [6.45, 7) is 3.89. The van der Waals surface area contributed by atoms with Crippen LogP contribution in [0.25, 0.3) is 10.9 Å². The third-order valence-corrected chi connectivity index (χ3v) is 4.10. The van der Waals surface area contributed by atoms with Gasteiger partial charge in [-0.05, 0) is 31.0 Å². The molecule has 0 aliphatic carbocycles. The van der Waals surface area contributed by atoms with Crippen molar-refractivity contribution < 1.29 is 4.92 Å². The van der Waals surface area contributed by atoms with Crippen molar-refractivity contribution in [2.45, 2.75) is 19.8 Å². The normalized spacial score (nSPS) is 12.5. The van der Waals surface area contributed by atoms with E-state index in [1.807, 2.05) is 62.4 Å². The summed E-state index contributed by atoms with van der Waals surface area (Å²) >= 11 is 0. The van der Waals surface area contributed by atoms with Crippen LogP contribution in [0.5, 0.6) is 0 Å². The van der Waals surface area contributed by atoms with Crippen molar-refractivity contribution >= 4 is 10.9 Å². The van der Waals surface area contributed by atoms with Gasteiger partial charge < -0.3 is 4.98 Å². The predicted octanol–water partition coefficient (Wildman–Crippen LogP) is 4.19. The molecule has 0 amide bonds. The highest BCUT2D eigenvalue weighted by atomic mass is 16.6. The van der Waals surface area contributed by atoms with E-state index in [1.54, 1.807) is 0 Å². The number of nitrogens with one attached hydrogen (secondary N) is 1. The van der Waals surface area contributed by atoms with Gasteiger partial charge in [-0.2, -0.15) is 0 Å². The van der Waals surface area contributed by atoms with Gasteiger partial charge in [-0.15, -0.1) is 0 Å². The van der Waals surface area contributed by atoms with Crippen LogP contribution in [0, 0.1) is 24.0 Å². The molecular weight excluding hydrogens is 276 g/mol. The maximum Gasteiger partial charge on any atom is 0.214 e. The summed E-state index contributed by atoms with van der Waals surface area (Å²) in [7, 11) is 0. The van der Waals surface area contributed by atoms with E-state index in [-0.39, 0.29) is 17.4 Å². The van der Waals surface area contributed by atoms with Crippen molar-refractivity contribution in [2.75, 3.05) is 6.54 Å². The van der Waals surface area contributed by atoms with Crippen LogP contribution in [0.15, 0.2) is 48.5 Å². The summed E-state index contributed by atoms with van der Waals surface area (Å²) in [6.07, 6.45) is 0. The lowest BCUT2D eigenvalue weighted by atomic mass is 9.89. The molecule has 0 fully saturated rings. The van der Waals surface area contributed by atoms with Crippen molar-refractivity contribution in [1.29, 1.82) is 0 Å². The Morgan fingerprint density at radius 3 is 2.45 bits per heavy atom. The van der Waals surface area contributed by atoms with E-state index < -0.39 is 0 Å². The number of aryl methyl sites for hydroxylation is 2.